The summed E-state index contributed by atoms with van der Waals surface area (Å²) in [6, 6.07) is 2.15. The molecule has 1 aromatic carbocycles. The number of hydrogen-bond acceptors (Lipinski definition) is 5. The van der Waals surface area contributed by atoms with E-state index in [9.17, 15) is 26.4 Å². The lowest BCUT2D eigenvalue weighted by Gasteiger charge is -2.34. The van der Waals surface area contributed by atoms with Crippen LogP contribution in [0.3, 0.4) is 0 Å². The smallest absolute Gasteiger partial charge is 0.335 e. The molecule has 2 aromatic rings. The van der Waals surface area contributed by atoms with E-state index in [0.29, 0.717) is 6.07 Å². The Morgan fingerprint density at radius 2 is 1.79 bits per heavy atom. The number of halogens is 4. The third-order valence-corrected chi connectivity index (χ3v) is 6.56. The Labute approximate surface area is 163 Å². The molecule has 0 spiro atoms. The van der Waals surface area contributed by atoms with Gasteiger partial charge in [0.2, 0.25) is 10.0 Å². The van der Waals surface area contributed by atoms with Gasteiger partial charge in [0, 0.05) is 38.6 Å². The first kappa shape index (κ1) is 20.5. The third kappa shape index (κ3) is 4.10. The first-order valence-electron chi connectivity index (χ1n) is 8.03. The maximum atomic E-state index is 12.9. The van der Waals surface area contributed by atoms with Crippen molar-refractivity contribution in [3.8, 4) is 0 Å². The highest BCUT2D eigenvalue weighted by Crippen LogP contribution is 2.34. The number of carbonyl (C=O) groups is 1. The first-order chi connectivity index (χ1) is 13.1. The molecule has 3 rings (SSSR count). The van der Waals surface area contributed by atoms with Crippen LogP contribution in [0.5, 0.6) is 0 Å². The molecule has 28 heavy (non-hydrogen) atoms. The Balaban J connectivity index is 1.78. The van der Waals surface area contributed by atoms with E-state index in [0.717, 1.165) is 16.4 Å². The van der Waals surface area contributed by atoms with Crippen molar-refractivity contribution in [1.82, 2.24) is 19.2 Å². The van der Waals surface area contributed by atoms with Crippen LogP contribution < -0.4 is 0 Å². The molecule has 0 saturated carbocycles. The summed E-state index contributed by atoms with van der Waals surface area (Å²) in [7, 11) is -4.25. The second-order valence-corrected chi connectivity index (χ2v) is 8.24. The van der Waals surface area contributed by atoms with Crippen molar-refractivity contribution in [3.63, 3.8) is 0 Å². The summed E-state index contributed by atoms with van der Waals surface area (Å²) in [4.78, 5) is 20.9. The highest BCUT2D eigenvalue weighted by atomic mass is 35.5. The molecule has 1 aliphatic rings. The molecular formula is C16H14ClF3N4O3S. The molecule has 12 heteroatoms. The molecule has 1 saturated heterocycles. The van der Waals surface area contributed by atoms with Crippen molar-refractivity contribution < 1.29 is 26.4 Å². The van der Waals surface area contributed by atoms with Crippen LogP contribution in [-0.2, 0) is 16.2 Å². The van der Waals surface area contributed by atoms with Crippen LogP contribution in [0.15, 0.2) is 41.7 Å². The zero-order valence-electron chi connectivity index (χ0n) is 14.2. The number of nitrogens with zero attached hydrogens (tertiary/aromatic N) is 4. The predicted molar refractivity (Wildman–Crippen MR) is 93.1 cm³/mol. The lowest BCUT2D eigenvalue weighted by molar-refractivity contribution is -0.137. The van der Waals surface area contributed by atoms with E-state index in [1.54, 1.807) is 0 Å². The number of alkyl halides is 3. The summed E-state index contributed by atoms with van der Waals surface area (Å²) in [5, 5.41) is -0.300. The monoisotopic (exact) mass is 434 g/mol. The van der Waals surface area contributed by atoms with Gasteiger partial charge in [0.1, 0.15) is 10.6 Å². The predicted octanol–water partition coefficient (Wildman–Crippen LogP) is 2.30. The van der Waals surface area contributed by atoms with Crippen LogP contribution in [-0.4, -0.2) is 59.7 Å². The number of sulfonamides is 1. The Morgan fingerprint density at radius 1 is 1.11 bits per heavy atom. The molecule has 1 aliphatic heterocycles. The number of rotatable bonds is 3. The fourth-order valence-electron chi connectivity index (χ4n) is 2.72. The minimum atomic E-state index is -4.70. The minimum absolute atomic E-state index is 0.0607. The molecule has 0 atom stereocenters. The van der Waals surface area contributed by atoms with Crippen LogP contribution in [0.25, 0.3) is 0 Å². The number of benzene rings is 1. The number of carbonyl (C=O) groups excluding carboxylic acids is 1. The van der Waals surface area contributed by atoms with Gasteiger partial charge in [0.25, 0.3) is 5.91 Å². The summed E-state index contributed by atoms with van der Waals surface area (Å²) < 4.78 is 65.3. The van der Waals surface area contributed by atoms with E-state index in [1.165, 1.54) is 23.5 Å². The normalized spacial score (nSPS) is 16.2. The Bertz CT molecular complexity index is 978. The zero-order chi connectivity index (χ0) is 20.5. The number of aromatic nitrogens is 2. The summed E-state index contributed by atoms with van der Waals surface area (Å²) in [6.45, 7) is -0.0434. The summed E-state index contributed by atoms with van der Waals surface area (Å²) in [5.74, 6) is -0.401. The highest BCUT2D eigenvalue weighted by molar-refractivity contribution is 7.89. The lowest BCUT2D eigenvalue weighted by Crippen LogP contribution is -2.50. The molecule has 0 aliphatic carbocycles. The van der Waals surface area contributed by atoms with Gasteiger partial charge in [-0.2, -0.15) is 17.5 Å². The van der Waals surface area contributed by atoms with Crippen LogP contribution >= 0.6 is 11.6 Å². The van der Waals surface area contributed by atoms with Crippen LogP contribution in [0, 0.1) is 0 Å². The van der Waals surface area contributed by atoms with Gasteiger partial charge in [-0.1, -0.05) is 11.6 Å². The molecular weight excluding hydrogens is 421 g/mol. The van der Waals surface area contributed by atoms with Crippen molar-refractivity contribution in [3.05, 3.63) is 53.1 Å². The van der Waals surface area contributed by atoms with E-state index in [-0.39, 0.29) is 36.9 Å². The summed E-state index contributed by atoms with van der Waals surface area (Å²) in [5.41, 5.74) is -0.980. The van der Waals surface area contributed by atoms with E-state index < -0.39 is 32.6 Å². The number of piperazine rings is 1. The van der Waals surface area contributed by atoms with Gasteiger partial charge in [-0.3, -0.25) is 9.78 Å². The first-order valence-corrected chi connectivity index (χ1v) is 9.84. The second kappa shape index (κ2) is 7.64. The highest BCUT2D eigenvalue weighted by Gasteiger charge is 2.36. The van der Waals surface area contributed by atoms with Crippen molar-refractivity contribution in [2.45, 2.75) is 11.1 Å². The van der Waals surface area contributed by atoms with Crippen LogP contribution in [0.2, 0.25) is 5.02 Å². The van der Waals surface area contributed by atoms with Gasteiger partial charge in [-0.15, -0.1) is 0 Å². The Hall–Kier alpha value is -2.24. The lowest BCUT2D eigenvalue weighted by atomic mass is 10.2. The van der Waals surface area contributed by atoms with E-state index >= 15 is 0 Å². The molecule has 7 nitrogen and oxygen atoms in total. The molecule has 0 radical (unpaired) electrons. The molecule has 150 valence electrons. The fraction of sp³-hybridized carbons (Fsp3) is 0.312. The summed E-state index contributed by atoms with van der Waals surface area (Å²) >= 11 is 5.86. The SMILES string of the molecule is O=C(c1cnccn1)N1CCN(S(=O)(=O)c2cc(C(F)(F)F)ccc2Cl)CC1. The van der Waals surface area contributed by atoms with Crippen molar-refractivity contribution >= 4 is 27.5 Å². The van der Waals surface area contributed by atoms with Crippen molar-refractivity contribution in [1.29, 1.82) is 0 Å². The zero-order valence-corrected chi connectivity index (χ0v) is 15.8. The van der Waals surface area contributed by atoms with Crippen LogP contribution in [0.1, 0.15) is 16.1 Å². The summed E-state index contributed by atoms with van der Waals surface area (Å²) in [6.07, 6.45) is -0.617. The topological polar surface area (TPSA) is 83.5 Å². The van der Waals surface area contributed by atoms with Gasteiger partial charge < -0.3 is 4.90 Å². The van der Waals surface area contributed by atoms with Gasteiger partial charge in [-0.25, -0.2) is 13.4 Å². The van der Waals surface area contributed by atoms with E-state index in [4.69, 9.17) is 11.6 Å². The fourth-order valence-corrected chi connectivity index (χ4v) is 4.64. The molecule has 2 heterocycles. The quantitative estimate of drug-likeness (QED) is 0.740. The van der Waals surface area contributed by atoms with E-state index in [1.807, 2.05) is 0 Å². The standard InChI is InChI=1S/C16H14ClF3N4O3S/c17-12-2-1-11(16(18,19)20)9-14(12)28(26,27)24-7-5-23(6-8-24)15(25)13-10-21-3-4-22-13/h1-4,9-10H,5-8H2. The third-order valence-electron chi connectivity index (χ3n) is 4.18. The number of hydrogen-bond donors (Lipinski definition) is 0. The van der Waals surface area contributed by atoms with Gasteiger partial charge in [-0.05, 0) is 18.2 Å². The second-order valence-electron chi connectivity index (χ2n) is 5.93. The van der Waals surface area contributed by atoms with Gasteiger partial charge in [0.15, 0.2) is 0 Å². The average molecular weight is 435 g/mol. The Kier molecular flexibility index (Phi) is 5.60. The molecule has 1 fully saturated rings. The molecule has 1 aromatic heterocycles. The van der Waals surface area contributed by atoms with Gasteiger partial charge >= 0.3 is 6.18 Å². The largest absolute Gasteiger partial charge is 0.416 e. The minimum Gasteiger partial charge on any atom is -0.335 e. The molecule has 0 unspecified atom stereocenters. The van der Waals surface area contributed by atoms with E-state index in [2.05, 4.69) is 9.97 Å². The van der Waals surface area contributed by atoms with Gasteiger partial charge in [0.05, 0.1) is 16.8 Å². The molecule has 1 amide bonds. The van der Waals surface area contributed by atoms with Crippen molar-refractivity contribution in [2.75, 3.05) is 26.2 Å². The maximum Gasteiger partial charge on any atom is 0.416 e. The Morgan fingerprint density at radius 3 is 2.36 bits per heavy atom. The number of amides is 1. The molecule has 0 bridgehead atoms. The van der Waals surface area contributed by atoms with Crippen LogP contribution in [0.4, 0.5) is 13.2 Å². The average Bonchev–Trinajstić information content (AvgIpc) is 2.67. The van der Waals surface area contributed by atoms with Crippen molar-refractivity contribution in [2.24, 2.45) is 0 Å². The maximum absolute atomic E-state index is 12.9. The molecule has 0 N–H and O–H groups in total.